The van der Waals surface area contributed by atoms with E-state index in [-0.39, 0.29) is 16.8 Å². The number of para-hydroxylation sites is 3. The molecule has 6 aromatic carbocycles. The maximum atomic E-state index is 6.50. The highest BCUT2D eigenvalue weighted by molar-refractivity contribution is 5.87. The van der Waals surface area contributed by atoms with E-state index in [9.17, 15) is 0 Å². The molecule has 91 heavy (non-hydrogen) atoms. The summed E-state index contributed by atoms with van der Waals surface area (Å²) in [6.07, 6.45) is 16.8. The van der Waals surface area contributed by atoms with Crippen molar-refractivity contribution < 1.29 is 14.2 Å². The second-order valence-electron chi connectivity index (χ2n) is 24.1. The van der Waals surface area contributed by atoms with Crippen LogP contribution in [0.25, 0.3) is 50.9 Å². The molecule has 0 bridgehead atoms. The average Bonchev–Trinajstić information content (AvgIpc) is 1.46. The monoisotopic (exact) mass is 1220 g/mol. The summed E-state index contributed by atoms with van der Waals surface area (Å²) in [5.41, 5.74) is 29.4. The van der Waals surface area contributed by atoms with Crippen molar-refractivity contribution in [2.24, 2.45) is 17.2 Å². The van der Waals surface area contributed by atoms with Crippen LogP contribution in [-0.2, 0) is 19.6 Å². The third-order valence-electron chi connectivity index (χ3n) is 17.7. The summed E-state index contributed by atoms with van der Waals surface area (Å²) in [5, 5.41) is 48.6. The highest BCUT2D eigenvalue weighted by Crippen LogP contribution is 2.46. The molecule has 0 radical (unpaired) electrons. The van der Waals surface area contributed by atoms with Crippen LogP contribution in [0.5, 0.6) is 17.2 Å². The molecule has 21 nitrogen and oxygen atoms in total. The molecular weight excluding hydrogens is 1140 g/mol. The zero-order valence-corrected chi connectivity index (χ0v) is 51.5. The lowest BCUT2D eigenvalue weighted by atomic mass is 9.83. The van der Waals surface area contributed by atoms with Crippen LogP contribution in [0.1, 0.15) is 97.6 Å². The Morgan fingerprint density at radius 1 is 0.341 bits per heavy atom. The predicted octanol–water partition coefficient (Wildman–Crippen LogP) is 8.30. The zero-order chi connectivity index (χ0) is 61.9. The number of tetrazole rings is 3. The van der Waals surface area contributed by atoms with Gasteiger partial charge in [-0.15, -0.1) is 30.6 Å². The molecule has 6 aliphatic heterocycles. The van der Waals surface area contributed by atoms with Gasteiger partial charge in [0.1, 0.15) is 34.1 Å². The van der Waals surface area contributed by atoms with E-state index in [1.54, 1.807) is 9.59 Å². The Hall–Kier alpha value is -9.09. The second-order valence-corrected chi connectivity index (χ2v) is 24.1. The molecule has 0 saturated carbocycles. The number of unbranched alkanes of at least 4 members (excludes halogenated alkanes) is 2. The molecule has 0 aliphatic carbocycles. The smallest absolute Gasteiger partial charge is 0.204 e. The number of ether oxygens (including phenoxy) is 3. The Bertz CT molecular complexity index is 3980. The normalized spacial score (nSPS) is 17.2. The molecule has 6 aliphatic rings. The Morgan fingerprint density at radius 2 is 0.648 bits per heavy atom. The lowest BCUT2D eigenvalue weighted by Gasteiger charge is -2.40. The maximum absolute atomic E-state index is 6.50. The summed E-state index contributed by atoms with van der Waals surface area (Å²) in [7, 11) is 0. The van der Waals surface area contributed by atoms with Crippen molar-refractivity contribution in [3.05, 3.63) is 197 Å². The van der Waals surface area contributed by atoms with E-state index in [2.05, 4.69) is 196 Å². The van der Waals surface area contributed by atoms with Gasteiger partial charge in [0.2, 0.25) is 17.5 Å². The summed E-state index contributed by atoms with van der Waals surface area (Å²) in [4.78, 5) is 4.81. The molecule has 0 unspecified atom stereocenters. The van der Waals surface area contributed by atoms with Gasteiger partial charge in [-0.2, -0.15) is 14.4 Å². The first-order valence-corrected chi connectivity index (χ1v) is 32.2. The number of aromatic nitrogens is 12. The van der Waals surface area contributed by atoms with Gasteiger partial charge in [0.25, 0.3) is 0 Å². The van der Waals surface area contributed by atoms with Crippen molar-refractivity contribution in [2.45, 2.75) is 101 Å². The van der Waals surface area contributed by atoms with Crippen LogP contribution in [0.2, 0.25) is 0 Å². The molecule has 9 heterocycles. The SMILES string of the molecule is NCCCCCn1nnc(-c2ccc(C3=CC4(CCNCC4)Oc4ccccc43)cc2)n1.NCCCn1nnc(-c2ccc(C3=CC4(CCNCC4)Oc4ccccc43)cc2)n1.NCCn1nnc(-c2ccc(C3=CC4(CCNCC4)Oc4ccccc43)cc2)n1. The first-order valence-electron chi connectivity index (χ1n) is 32.2. The molecular formula is C70H80N18O3. The maximum Gasteiger partial charge on any atom is 0.204 e. The van der Waals surface area contributed by atoms with Gasteiger partial charge in [-0.05, 0) is 157 Å². The van der Waals surface area contributed by atoms with Crippen LogP contribution in [0.3, 0.4) is 0 Å². The topological polar surface area (TPSA) is 273 Å². The highest BCUT2D eigenvalue weighted by atomic mass is 16.5. The van der Waals surface area contributed by atoms with Gasteiger partial charge in [-0.3, -0.25) is 0 Å². The van der Waals surface area contributed by atoms with Crippen LogP contribution in [0, 0.1) is 0 Å². The first kappa shape index (κ1) is 60.8. The van der Waals surface area contributed by atoms with Crippen molar-refractivity contribution in [2.75, 3.05) is 58.9 Å². The van der Waals surface area contributed by atoms with Crippen molar-refractivity contribution in [3.8, 4) is 51.4 Å². The minimum atomic E-state index is -0.236. The fraction of sp³-hybridized carbons (Fsp3) is 0.357. The summed E-state index contributed by atoms with van der Waals surface area (Å²) in [6, 6.07) is 50.2. The molecule has 3 saturated heterocycles. The predicted molar refractivity (Wildman–Crippen MR) is 352 cm³/mol. The number of hydrogen-bond donors (Lipinski definition) is 6. The second kappa shape index (κ2) is 28.0. The Morgan fingerprint density at radius 3 is 0.978 bits per heavy atom. The molecule has 3 aromatic heterocycles. The van der Waals surface area contributed by atoms with Gasteiger partial charge in [-0.25, -0.2) is 0 Å². The summed E-state index contributed by atoms with van der Waals surface area (Å²) in [6.45, 7) is 9.66. The van der Waals surface area contributed by atoms with Gasteiger partial charge in [0.05, 0.1) is 19.6 Å². The van der Waals surface area contributed by atoms with Gasteiger partial charge in [0.15, 0.2) is 0 Å². The number of benzene rings is 6. The molecule has 0 atom stereocenters. The molecule has 468 valence electrons. The fourth-order valence-corrected chi connectivity index (χ4v) is 12.8. The van der Waals surface area contributed by atoms with Gasteiger partial charge in [0, 0.05) is 78.5 Å². The third-order valence-corrected chi connectivity index (χ3v) is 17.7. The van der Waals surface area contributed by atoms with Crippen LogP contribution < -0.4 is 47.4 Å². The molecule has 3 spiro atoms. The van der Waals surface area contributed by atoms with Gasteiger partial charge < -0.3 is 47.4 Å². The number of nitrogens with one attached hydrogen (secondary N) is 3. The number of hydrogen-bond acceptors (Lipinski definition) is 18. The van der Waals surface area contributed by atoms with Crippen molar-refractivity contribution in [3.63, 3.8) is 0 Å². The molecule has 3 fully saturated rings. The summed E-state index contributed by atoms with van der Waals surface area (Å²) in [5.74, 6) is 4.80. The molecule has 15 rings (SSSR count). The minimum Gasteiger partial charge on any atom is -0.482 e. The van der Waals surface area contributed by atoms with E-state index in [0.717, 1.165) is 173 Å². The number of aryl methyl sites for hydroxylation is 2. The minimum absolute atomic E-state index is 0.234. The summed E-state index contributed by atoms with van der Waals surface area (Å²) >= 11 is 0. The van der Waals surface area contributed by atoms with Crippen LogP contribution in [0.4, 0.5) is 0 Å². The van der Waals surface area contributed by atoms with Crippen LogP contribution in [-0.4, -0.2) is 136 Å². The lowest BCUT2D eigenvalue weighted by Crippen LogP contribution is -2.46. The number of piperidine rings is 3. The Kier molecular flexibility index (Phi) is 18.7. The summed E-state index contributed by atoms with van der Waals surface area (Å²) < 4.78 is 19.5. The molecule has 9 aromatic rings. The largest absolute Gasteiger partial charge is 0.482 e. The Balaban J connectivity index is 0.000000125. The number of nitrogens with two attached hydrogens (primary N) is 3. The van der Waals surface area contributed by atoms with E-state index < -0.39 is 0 Å². The van der Waals surface area contributed by atoms with E-state index in [1.165, 1.54) is 32.6 Å². The standard InChI is InChI=1S/C25H30N6O.C23H26N6O.C22H24N6O/c26-14-4-1-5-17-31-29-24(28-30-31)20-10-8-19(9-11-20)22-18-25(12-15-27-16-13-25)32-23-7-3-2-6-21(22)23;24-12-3-15-29-27-22(26-28-29)18-8-6-17(7-9-18)20-16-23(10-13-25-14-11-23)30-21-5-2-1-4-19(20)21;23-11-14-28-26-21(25-27-28)17-7-5-16(6-8-17)19-15-22(9-12-24-13-10-22)29-20-4-2-1-3-18(19)20/h2-3,6-11,18,27H,1,4-5,12-17,26H2;1-2,4-9,16,25H,3,10-15,24H2;1-8,15,24H,9-14,23H2. The molecule has 0 amide bonds. The van der Waals surface area contributed by atoms with Gasteiger partial charge >= 0.3 is 0 Å². The highest BCUT2D eigenvalue weighted by Gasteiger charge is 2.40. The number of rotatable bonds is 16. The van der Waals surface area contributed by atoms with E-state index in [1.807, 2.05) is 30.3 Å². The Labute approximate surface area is 530 Å². The van der Waals surface area contributed by atoms with E-state index in [0.29, 0.717) is 43.7 Å². The quantitative estimate of drug-likeness (QED) is 0.0496. The van der Waals surface area contributed by atoms with Crippen molar-refractivity contribution >= 4 is 16.7 Å². The number of nitrogens with zero attached hydrogens (tertiary/aromatic N) is 12. The third kappa shape index (κ3) is 14.0. The lowest BCUT2D eigenvalue weighted by molar-refractivity contribution is 0.0814. The average molecular weight is 1220 g/mol. The van der Waals surface area contributed by atoms with Crippen LogP contribution >= 0.6 is 0 Å². The van der Waals surface area contributed by atoms with Crippen molar-refractivity contribution in [1.29, 1.82) is 0 Å². The fourth-order valence-electron chi connectivity index (χ4n) is 12.8. The van der Waals surface area contributed by atoms with Crippen LogP contribution in [0.15, 0.2) is 164 Å². The molecule has 21 heteroatoms. The zero-order valence-electron chi connectivity index (χ0n) is 51.5. The van der Waals surface area contributed by atoms with E-state index in [4.69, 9.17) is 31.4 Å². The van der Waals surface area contributed by atoms with Crippen molar-refractivity contribution in [1.82, 2.24) is 76.6 Å². The number of fused-ring (bicyclic) bond motifs is 3. The first-order chi connectivity index (χ1) is 44.8. The van der Waals surface area contributed by atoms with E-state index >= 15 is 0 Å². The molecule has 9 N–H and O–H groups in total. The van der Waals surface area contributed by atoms with Gasteiger partial charge in [-0.1, -0.05) is 134 Å².